The van der Waals surface area contributed by atoms with E-state index in [2.05, 4.69) is 5.32 Å². The number of imide groups is 1. The second-order valence-electron chi connectivity index (χ2n) is 5.88. The summed E-state index contributed by atoms with van der Waals surface area (Å²) < 4.78 is 0. The summed E-state index contributed by atoms with van der Waals surface area (Å²) in [7, 11) is 0. The number of amides is 3. The first-order chi connectivity index (χ1) is 11.8. The molecule has 2 aromatic carbocycles. The number of hydrogen-bond donors (Lipinski definition) is 1. The second-order valence-corrected chi connectivity index (χ2v) is 6.32. The van der Waals surface area contributed by atoms with E-state index in [-0.39, 0.29) is 12.2 Å². The highest BCUT2D eigenvalue weighted by atomic mass is 35.5. The quantitative estimate of drug-likeness (QED) is 0.515. The molecule has 7 nitrogen and oxygen atoms in total. The van der Waals surface area contributed by atoms with E-state index in [1.165, 1.54) is 18.2 Å². The number of nitrogens with one attached hydrogen (secondary N) is 1. The lowest BCUT2D eigenvalue weighted by atomic mass is 9.92. The lowest BCUT2D eigenvalue weighted by molar-refractivity contribution is -0.384. The summed E-state index contributed by atoms with van der Waals surface area (Å²) in [4.78, 5) is 36.5. The molecule has 0 saturated carbocycles. The molecule has 0 unspecified atom stereocenters. The second kappa shape index (κ2) is 6.18. The Balaban J connectivity index is 1.88. The van der Waals surface area contributed by atoms with Crippen molar-refractivity contribution < 1.29 is 14.5 Å². The van der Waals surface area contributed by atoms with Gasteiger partial charge >= 0.3 is 6.03 Å². The van der Waals surface area contributed by atoms with Crippen molar-refractivity contribution in [2.24, 2.45) is 0 Å². The minimum absolute atomic E-state index is 0.0461. The highest BCUT2D eigenvalue weighted by Crippen LogP contribution is 2.30. The number of nitrogens with zero attached hydrogens (tertiary/aromatic N) is 2. The van der Waals surface area contributed by atoms with Crippen molar-refractivity contribution in [2.75, 3.05) is 0 Å². The molecule has 1 heterocycles. The molecule has 1 aliphatic heterocycles. The molecule has 2 aromatic rings. The Morgan fingerprint density at radius 2 is 1.88 bits per heavy atom. The Morgan fingerprint density at radius 1 is 1.20 bits per heavy atom. The maximum absolute atomic E-state index is 12.8. The van der Waals surface area contributed by atoms with Gasteiger partial charge in [-0.15, -0.1) is 0 Å². The Hall–Kier alpha value is -2.93. The van der Waals surface area contributed by atoms with Crippen molar-refractivity contribution in [1.29, 1.82) is 0 Å². The van der Waals surface area contributed by atoms with Crippen molar-refractivity contribution in [3.63, 3.8) is 0 Å². The van der Waals surface area contributed by atoms with Crippen LogP contribution in [0.15, 0.2) is 48.5 Å². The van der Waals surface area contributed by atoms with Crippen LogP contribution < -0.4 is 5.32 Å². The number of nitro benzene ring substituents is 1. The number of carbonyl (C=O) groups is 2. The van der Waals surface area contributed by atoms with E-state index < -0.39 is 22.4 Å². The van der Waals surface area contributed by atoms with Crippen LogP contribution in [0.4, 0.5) is 10.5 Å². The van der Waals surface area contributed by atoms with Crippen molar-refractivity contribution in [3.8, 4) is 0 Å². The van der Waals surface area contributed by atoms with Gasteiger partial charge in [-0.05, 0) is 30.2 Å². The fourth-order valence-electron chi connectivity index (χ4n) is 2.77. The molecule has 25 heavy (non-hydrogen) atoms. The predicted octanol–water partition coefficient (Wildman–Crippen LogP) is 3.22. The zero-order chi connectivity index (χ0) is 18.2. The van der Waals surface area contributed by atoms with Gasteiger partial charge in [0.2, 0.25) is 0 Å². The molecule has 8 heteroatoms. The van der Waals surface area contributed by atoms with Crippen LogP contribution in [-0.4, -0.2) is 21.8 Å². The van der Waals surface area contributed by atoms with Gasteiger partial charge in [0, 0.05) is 17.2 Å². The van der Waals surface area contributed by atoms with E-state index in [1.807, 2.05) is 0 Å². The molecule has 3 amide bonds. The lowest BCUT2D eigenvalue weighted by Gasteiger charge is -2.22. The van der Waals surface area contributed by atoms with Crippen LogP contribution in [0.1, 0.15) is 18.1 Å². The van der Waals surface area contributed by atoms with Gasteiger partial charge in [-0.1, -0.05) is 35.9 Å². The maximum atomic E-state index is 12.8. The molecule has 1 atom stereocenters. The zero-order valence-electron chi connectivity index (χ0n) is 13.2. The molecule has 3 rings (SSSR count). The number of non-ortho nitro benzene ring substituents is 1. The first-order valence-corrected chi connectivity index (χ1v) is 7.82. The summed E-state index contributed by atoms with van der Waals surface area (Å²) in [5.74, 6) is -0.425. The van der Waals surface area contributed by atoms with E-state index in [0.29, 0.717) is 16.1 Å². The Labute approximate surface area is 148 Å². The van der Waals surface area contributed by atoms with Crippen LogP contribution in [0.5, 0.6) is 0 Å². The molecule has 1 aliphatic rings. The Bertz CT molecular complexity index is 868. The Morgan fingerprint density at radius 3 is 2.52 bits per heavy atom. The van der Waals surface area contributed by atoms with Gasteiger partial charge in [-0.3, -0.25) is 19.8 Å². The number of nitro groups is 1. The average Bonchev–Trinajstić information content (AvgIpc) is 2.80. The number of carbonyl (C=O) groups excluding carboxylic acids is 2. The number of rotatable bonds is 4. The monoisotopic (exact) mass is 359 g/mol. The van der Waals surface area contributed by atoms with Gasteiger partial charge < -0.3 is 5.32 Å². The molecular weight excluding hydrogens is 346 g/mol. The molecule has 0 spiro atoms. The number of hydrogen-bond acceptors (Lipinski definition) is 4. The van der Waals surface area contributed by atoms with Gasteiger partial charge in [0.05, 0.1) is 11.5 Å². The summed E-state index contributed by atoms with van der Waals surface area (Å²) in [6.45, 7) is 1.57. The van der Waals surface area contributed by atoms with Gasteiger partial charge in [0.15, 0.2) is 0 Å². The normalized spacial score (nSPS) is 19.8. The van der Waals surface area contributed by atoms with Gasteiger partial charge in [0.1, 0.15) is 5.54 Å². The first kappa shape index (κ1) is 16.9. The summed E-state index contributed by atoms with van der Waals surface area (Å²) in [5.41, 5.74) is -0.192. The third-order valence-corrected chi connectivity index (χ3v) is 4.41. The lowest BCUT2D eigenvalue weighted by Crippen LogP contribution is -2.40. The molecular formula is C17H14ClN3O4. The molecule has 1 N–H and O–H groups in total. The largest absolute Gasteiger partial charge is 0.325 e. The number of urea groups is 1. The van der Waals surface area contributed by atoms with Crippen molar-refractivity contribution in [3.05, 3.63) is 74.8 Å². The molecule has 1 fully saturated rings. The maximum Gasteiger partial charge on any atom is 0.325 e. The SMILES string of the molecule is C[C@]1(c2ccc(Cl)cc2)NC(=O)N(Cc2cccc([N+](=O)[O-])c2)C1=O. The minimum Gasteiger partial charge on any atom is -0.319 e. The van der Waals surface area contributed by atoms with Crippen molar-refractivity contribution in [1.82, 2.24) is 10.2 Å². The van der Waals surface area contributed by atoms with Crippen LogP contribution >= 0.6 is 11.6 Å². The fourth-order valence-corrected chi connectivity index (χ4v) is 2.90. The van der Waals surface area contributed by atoms with Gasteiger partial charge in [-0.2, -0.15) is 0 Å². The van der Waals surface area contributed by atoms with Gasteiger partial charge in [-0.25, -0.2) is 4.79 Å². The van der Waals surface area contributed by atoms with Crippen LogP contribution in [0.3, 0.4) is 0 Å². The molecule has 0 radical (unpaired) electrons. The number of benzene rings is 2. The van der Waals surface area contributed by atoms with E-state index in [9.17, 15) is 19.7 Å². The minimum atomic E-state index is -1.21. The highest BCUT2D eigenvalue weighted by molar-refractivity contribution is 6.30. The van der Waals surface area contributed by atoms with Crippen molar-refractivity contribution >= 4 is 29.2 Å². The summed E-state index contributed by atoms with van der Waals surface area (Å²) in [6.07, 6.45) is 0. The molecule has 1 saturated heterocycles. The van der Waals surface area contributed by atoms with Crippen molar-refractivity contribution in [2.45, 2.75) is 19.0 Å². The summed E-state index contributed by atoms with van der Waals surface area (Å²) in [5, 5.41) is 14.1. The molecule has 0 aliphatic carbocycles. The zero-order valence-corrected chi connectivity index (χ0v) is 14.0. The average molecular weight is 360 g/mol. The summed E-state index contributed by atoms with van der Waals surface area (Å²) in [6, 6.07) is 11.9. The van der Waals surface area contributed by atoms with Crippen LogP contribution in [0, 0.1) is 10.1 Å². The highest BCUT2D eigenvalue weighted by Gasteiger charge is 2.48. The molecule has 128 valence electrons. The van der Waals surface area contributed by atoms with Gasteiger partial charge in [0.25, 0.3) is 11.6 Å². The third kappa shape index (κ3) is 3.06. The van der Waals surface area contributed by atoms with E-state index in [4.69, 9.17) is 11.6 Å². The first-order valence-electron chi connectivity index (χ1n) is 7.45. The molecule has 0 bridgehead atoms. The standard InChI is InChI=1S/C17H14ClN3O4/c1-17(12-5-7-13(18)8-6-12)15(22)20(16(23)19-17)10-11-3-2-4-14(9-11)21(24)25/h2-9H,10H2,1H3,(H,19,23)/t17-/m1/s1. The Kier molecular flexibility index (Phi) is 4.18. The fraction of sp³-hybridized carbons (Fsp3) is 0.176. The van der Waals surface area contributed by atoms with Crippen LogP contribution in [-0.2, 0) is 16.9 Å². The van der Waals surface area contributed by atoms with Crippen LogP contribution in [0.25, 0.3) is 0 Å². The van der Waals surface area contributed by atoms with Crippen LogP contribution in [0.2, 0.25) is 5.02 Å². The predicted molar refractivity (Wildman–Crippen MR) is 91.0 cm³/mol. The molecule has 0 aromatic heterocycles. The third-order valence-electron chi connectivity index (χ3n) is 4.16. The van der Waals surface area contributed by atoms with E-state index >= 15 is 0 Å². The van der Waals surface area contributed by atoms with E-state index in [0.717, 1.165) is 4.90 Å². The summed E-state index contributed by atoms with van der Waals surface area (Å²) >= 11 is 5.87. The smallest absolute Gasteiger partial charge is 0.319 e. The number of halogens is 1. The topological polar surface area (TPSA) is 92.6 Å². The van der Waals surface area contributed by atoms with E-state index in [1.54, 1.807) is 37.3 Å².